The van der Waals surface area contributed by atoms with Crippen molar-refractivity contribution in [3.8, 4) is 11.5 Å². The van der Waals surface area contributed by atoms with E-state index >= 15 is 0 Å². The SMILES string of the molecule is CC(C)CNC(=O)/C=C/c1cccc(O)c1O. The summed E-state index contributed by atoms with van der Waals surface area (Å²) in [5.74, 6) is -0.252. The number of benzene rings is 1. The predicted octanol–water partition coefficient (Wildman–Crippen LogP) is 1.88. The summed E-state index contributed by atoms with van der Waals surface area (Å²) in [5, 5.41) is 21.5. The molecule has 0 saturated heterocycles. The van der Waals surface area contributed by atoms with Crippen molar-refractivity contribution in [2.45, 2.75) is 13.8 Å². The van der Waals surface area contributed by atoms with Gasteiger partial charge >= 0.3 is 0 Å². The first-order valence-corrected chi connectivity index (χ1v) is 5.47. The summed E-state index contributed by atoms with van der Waals surface area (Å²) in [4.78, 5) is 11.4. The molecule has 17 heavy (non-hydrogen) atoms. The fourth-order valence-corrected chi connectivity index (χ4v) is 1.21. The number of para-hydroxylation sites is 1. The van der Waals surface area contributed by atoms with Gasteiger partial charge in [0.25, 0.3) is 0 Å². The highest BCUT2D eigenvalue weighted by Crippen LogP contribution is 2.28. The number of hydrogen-bond donors (Lipinski definition) is 3. The van der Waals surface area contributed by atoms with Crippen molar-refractivity contribution in [1.82, 2.24) is 5.32 Å². The smallest absolute Gasteiger partial charge is 0.244 e. The lowest BCUT2D eigenvalue weighted by Gasteiger charge is -2.04. The molecule has 3 N–H and O–H groups in total. The van der Waals surface area contributed by atoms with Crippen LogP contribution in [-0.4, -0.2) is 22.7 Å². The van der Waals surface area contributed by atoms with Crippen LogP contribution >= 0.6 is 0 Å². The number of rotatable bonds is 4. The fourth-order valence-electron chi connectivity index (χ4n) is 1.21. The summed E-state index contributed by atoms with van der Waals surface area (Å²) >= 11 is 0. The van der Waals surface area contributed by atoms with Crippen LogP contribution < -0.4 is 5.32 Å². The highest BCUT2D eigenvalue weighted by Gasteiger charge is 2.03. The molecule has 0 unspecified atom stereocenters. The lowest BCUT2D eigenvalue weighted by molar-refractivity contribution is -0.116. The molecule has 0 aliphatic heterocycles. The minimum absolute atomic E-state index is 0.199. The largest absolute Gasteiger partial charge is 0.504 e. The van der Waals surface area contributed by atoms with Crippen LogP contribution in [0.1, 0.15) is 19.4 Å². The number of amides is 1. The molecule has 4 nitrogen and oxygen atoms in total. The van der Waals surface area contributed by atoms with Gasteiger partial charge in [-0.15, -0.1) is 0 Å². The van der Waals surface area contributed by atoms with Crippen molar-refractivity contribution in [3.63, 3.8) is 0 Å². The maximum atomic E-state index is 11.4. The molecule has 92 valence electrons. The first-order valence-electron chi connectivity index (χ1n) is 5.47. The van der Waals surface area contributed by atoms with E-state index in [1.807, 2.05) is 13.8 Å². The molecule has 1 aromatic carbocycles. The number of hydrogen-bond acceptors (Lipinski definition) is 3. The molecular formula is C13H17NO3. The molecular weight excluding hydrogens is 218 g/mol. The Morgan fingerprint density at radius 2 is 2.12 bits per heavy atom. The molecule has 0 fully saturated rings. The molecule has 1 rings (SSSR count). The molecule has 0 atom stereocenters. The van der Waals surface area contributed by atoms with Crippen molar-refractivity contribution in [2.75, 3.05) is 6.54 Å². The molecule has 0 aromatic heterocycles. The van der Waals surface area contributed by atoms with Gasteiger partial charge in [-0.25, -0.2) is 0 Å². The molecule has 0 spiro atoms. The number of phenols is 2. The van der Waals surface area contributed by atoms with Crippen molar-refractivity contribution in [1.29, 1.82) is 0 Å². The van der Waals surface area contributed by atoms with E-state index in [-0.39, 0.29) is 17.4 Å². The van der Waals surface area contributed by atoms with Crippen molar-refractivity contribution < 1.29 is 15.0 Å². The lowest BCUT2D eigenvalue weighted by Crippen LogP contribution is -2.25. The number of phenolic OH excluding ortho intramolecular Hbond substituents is 2. The number of nitrogens with one attached hydrogen (secondary N) is 1. The van der Waals surface area contributed by atoms with E-state index in [1.54, 1.807) is 12.1 Å². The average Bonchev–Trinajstić information content (AvgIpc) is 2.28. The minimum Gasteiger partial charge on any atom is -0.504 e. The van der Waals surface area contributed by atoms with E-state index < -0.39 is 0 Å². The Hall–Kier alpha value is -1.97. The molecule has 0 heterocycles. The summed E-state index contributed by atoms with van der Waals surface area (Å²) < 4.78 is 0. The van der Waals surface area contributed by atoms with Crippen LogP contribution in [0.3, 0.4) is 0 Å². The number of carbonyl (C=O) groups excluding carboxylic acids is 1. The van der Waals surface area contributed by atoms with Gasteiger partial charge < -0.3 is 15.5 Å². The van der Waals surface area contributed by atoms with E-state index in [0.29, 0.717) is 18.0 Å². The molecule has 0 bridgehead atoms. The molecule has 4 heteroatoms. The predicted molar refractivity (Wildman–Crippen MR) is 66.7 cm³/mol. The van der Waals surface area contributed by atoms with Crippen LogP contribution in [-0.2, 0) is 4.79 Å². The third-order valence-corrected chi connectivity index (χ3v) is 2.14. The molecule has 0 radical (unpaired) electrons. The van der Waals surface area contributed by atoms with E-state index in [9.17, 15) is 15.0 Å². The lowest BCUT2D eigenvalue weighted by atomic mass is 10.1. The van der Waals surface area contributed by atoms with Crippen LogP contribution in [0.25, 0.3) is 6.08 Å². The van der Waals surface area contributed by atoms with Gasteiger partial charge in [0, 0.05) is 18.2 Å². The molecule has 0 saturated carbocycles. The topological polar surface area (TPSA) is 69.6 Å². The zero-order valence-corrected chi connectivity index (χ0v) is 9.97. The van der Waals surface area contributed by atoms with Gasteiger partial charge in [-0.1, -0.05) is 26.0 Å². The summed E-state index contributed by atoms with van der Waals surface area (Å²) in [6.07, 6.45) is 2.79. The standard InChI is InChI=1S/C13H17NO3/c1-9(2)8-14-12(16)7-6-10-4-3-5-11(15)13(10)17/h3-7,9,15,17H,8H2,1-2H3,(H,14,16)/b7-6+. The zero-order chi connectivity index (χ0) is 12.8. The van der Waals surface area contributed by atoms with Crippen molar-refractivity contribution >= 4 is 12.0 Å². The quantitative estimate of drug-likeness (QED) is 0.551. The fraction of sp³-hybridized carbons (Fsp3) is 0.308. The van der Waals surface area contributed by atoms with Crippen LogP contribution in [0.4, 0.5) is 0 Å². The third kappa shape index (κ3) is 4.18. The Bertz CT molecular complexity index is 425. The second-order valence-corrected chi connectivity index (χ2v) is 4.19. The first-order chi connectivity index (χ1) is 8.00. The first kappa shape index (κ1) is 13.1. The Labute approximate surface area is 101 Å². The van der Waals surface area contributed by atoms with E-state index in [2.05, 4.69) is 5.32 Å². The molecule has 1 aromatic rings. The summed E-state index contributed by atoms with van der Waals surface area (Å²) in [7, 11) is 0. The van der Waals surface area contributed by atoms with Crippen LogP contribution in [0, 0.1) is 5.92 Å². The van der Waals surface area contributed by atoms with Gasteiger partial charge in [-0.3, -0.25) is 4.79 Å². The van der Waals surface area contributed by atoms with Crippen LogP contribution in [0.5, 0.6) is 11.5 Å². The van der Waals surface area contributed by atoms with Crippen LogP contribution in [0.15, 0.2) is 24.3 Å². The minimum atomic E-state index is -0.222. The Morgan fingerprint density at radius 3 is 2.76 bits per heavy atom. The van der Waals surface area contributed by atoms with Gasteiger partial charge in [0.1, 0.15) is 0 Å². The summed E-state index contributed by atoms with van der Waals surface area (Å²) in [6.45, 7) is 4.62. The number of carbonyl (C=O) groups is 1. The Balaban J connectivity index is 2.64. The van der Waals surface area contributed by atoms with Gasteiger partial charge in [0.05, 0.1) is 0 Å². The molecule has 0 aliphatic carbocycles. The van der Waals surface area contributed by atoms with Crippen molar-refractivity contribution in [3.05, 3.63) is 29.8 Å². The van der Waals surface area contributed by atoms with Gasteiger partial charge in [-0.2, -0.15) is 0 Å². The van der Waals surface area contributed by atoms with E-state index in [1.165, 1.54) is 18.2 Å². The Kier molecular flexibility index (Phi) is 4.57. The Morgan fingerprint density at radius 1 is 1.41 bits per heavy atom. The second kappa shape index (κ2) is 5.94. The highest BCUT2D eigenvalue weighted by molar-refractivity contribution is 5.92. The monoisotopic (exact) mass is 235 g/mol. The summed E-state index contributed by atoms with van der Waals surface area (Å²) in [6, 6.07) is 4.59. The number of aromatic hydroxyl groups is 2. The van der Waals surface area contributed by atoms with Crippen LogP contribution in [0.2, 0.25) is 0 Å². The highest BCUT2D eigenvalue weighted by atomic mass is 16.3. The van der Waals surface area contributed by atoms with E-state index in [0.717, 1.165) is 0 Å². The third-order valence-electron chi connectivity index (χ3n) is 2.14. The maximum absolute atomic E-state index is 11.4. The zero-order valence-electron chi connectivity index (χ0n) is 9.97. The van der Waals surface area contributed by atoms with Gasteiger partial charge in [-0.05, 0) is 18.1 Å². The van der Waals surface area contributed by atoms with Gasteiger partial charge in [0.2, 0.25) is 5.91 Å². The maximum Gasteiger partial charge on any atom is 0.244 e. The van der Waals surface area contributed by atoms with Crippen molar-refractivity contribution in [2.24, 2.45) is 5.92 Å². The average molecular weight is 235 g/mol. The normalized spacial score (nSPS) is 11.0. The molecule has 1 amide bonds. The second-order valence-electron chi connectivity index (χ2n) is 4.19. The molecule has 0 aliphatic rings. The van der Waals surface area contributed by atoms with Gasteiger partial charge in [0.15, 0.2) is 11.5 Å². The van der Waals surface area contributed by atoms with E-state index in [4.69, 9.17) is 0 Å². The summed E-state index contributed by atoms with van der Waals surface area (Å²) in [5.41, 5.74) is 0.407.